The number of methoxy groups -OCH3 is 1. The molecular weight excluding hydrogens is 278 g/mol. The van der Waals surface area contributed by atoms with Crippen molar-refractivity contribution >= 4 is 17.2 Å². The van der Waals surface area contributed by atoms with Crippen LogP contribution in [0.1, 0.15) is 27.0 Å². The van der Waals surface area contributed by atoms with E-state index in [9.17, 15) is 4.79 Å². The molecule has 0 spiro atoms. The Bertz CT molecular complexity index is 591. The number of hydrogen-bond acceptors (Lipinski definition) is 6. The Morgan fingerprint density at radius 3 is 2.95 bits per heavy atom. The molecule has 0 aliphatic carbocycles. The third-order valence-electron chi connectivity index (χ3n) is 2.66. The van der Waals surface area contributed by atoms with Crippen molar-refractivity contribution in [3.63, 3.8) is 0 Å². The standard InChI is InChI=1S/C13H17N3O3S/c1-8-4-10(19-16-8)5-12(17)14-6-11-9(2)15-13(20-11)7-18-3/h4H,5-7H2,1-3H3,(H,14,17). The summed E-state index contributed by atoms with van der Waals surface area (Å²) in [7, 11) is 1.64. The van der Waals surface area contributed by atoms with E-state index >= 15 is 0 Å². The lowest BCUT2D eigenvalue weighted by Gasteiger charge is -2.02. The Hall–Kier alpha value is -1.73. The minimum atomic E-state index is -0.0951. The van der Waals surface area contributed by atoms with E-state index in [4.69, 9.17) is 9.26 Å². The van der Waals surface area contributed by atoms with Crippen molar-refractivity contribution in [2.24, 2.45) is 0 Å². The van der Waals surface area contributed by atoms with E-state index in [1.165, 1.54) is 0 Å². The van der Waals surface area contributed by atoms with E-state index in [0.29, 0.717) is 18.9 Å². The molecule has 0 radical (unpaired) electrons. The number of carbonyl (C=O) groups is 1. The molecule has 20 heavy (non-hydrogen) atoms. The molecule has 0 unspecified atom stereocenters. The van der Waals surface area contributed by atoms with E-state index in [2.05, 4.69) is 15.5 Å². The highest BCUT2D eigenvalue weighted by atomic mass is 32.1. The summed E-state index contributed by atoms with van der Waals surface area (Å²) >= 11 is 1.55. The molecule has 0 aliphatic heterocycles. The highest BCUT2D eigenvalue weighted by molar-refractivity contribution is 7.11. The maximum Gasteiger partial charge on any atom is 0.228 e. The number of thiazole rings is 1. The van der Waals surface area contributed by atoms with Crippen molar-refractivity contribution in [3.8, 4) is 0 Å². The van der Waals surface area contributed by atoms with Crippen molar-refractivity contribution < 1.29 is 14.1 Å². The number of nitrogens with zero attached hydrogens (tertiary/aromatic N) is 2. The van der Waals surface area contributed by atoms with Gasteiger partial charge in [-0.05, 0) is 13.8 Å². The zero-order valence-corrected chi connectivity index (χ0v) is 12.5. The van der Waals surface area contributed by atoms with E-state index in [0.717, 1.165) is 21.3 Å². The third-order valence-corrected chi connectivity index (χ3v) is 3.79. The molecule has 108 valence electrons. The molecule has 2 aromatic heterocycles. The topological polar surface area (TPSA) is 77.2 Å². The molecule has 2 rings (SSSR count). The van der Waals surface area contributed by atoms with Crippen LogP contribution in [0.3, 0.4) is 0 Å². The summed E-state index contributed by atoms with van der Waals surface area (Å²) in [6.45, 7) is 4.72. The fraction of sp³-hybridized carbons (Fsp3) is 0.462. The number of amides is 1. The Kier molecular flexibility index (Phi) is 4.86. The maximum atomic E-state index is 11.8. The summed E-state index contributed by atoms with van der Waals surface area (Å²) in [5.74, 6) is 0.475. The number of nitrogens with one attached hydrogen (secondary N) is 1. The summed E-state index contributed by atoms with van der Waals surface area (Å²) in [5, 5.41) is 7.52. The van der Waals surface area contributed by atoms with Gasteiger partial charge in [0.25, 0.3) is 0 Å². The Morgan fingerprint density at radius 2 is 2.30 bits per heavy atom. The van der Waals surface area contributed by atoms with Crippen LogP contribution in [-0.4, -0.2) is 23.2 Å². The highest BCUT2D eigenvalue weighted by Gasteiger charge is 2.11. The summed E-state index contributed by atoms with van der Waals surface area (Å²) in [6, 6.07) is 1.76. The first-order valence-electron chi connectivity index (χ1n) is 6.21. The molecule has 1 N–H and O–H groups in total. The Morgan fingerprint density at radius 1 is 1.50 bits per heavy atom. The fourth-order valence-electron chi connectivity index (χ4n) is 1.74. The van der Waals surface area contributed by atoms with Crippen LogP contribution < -0.4 is 5.32 Å². The lowest BCUT2D eigenvalue weighted by atomic mass is 10.3. The van der Waals surface area contributed by atoms with Gasteiger partial charge in [0.1, 0.15) is 10.8 Å². The molecule has 2 heterocycles. The molecule has 0 atom stereocenters. The minimum absolute atomic E-state index is 0.0951. The van der Waals surface area contributed by atoms with Crippen LogP contribution >= 0.6 is 11.3 Å². The van der Waals surface area contributed by atoms with E-state index < -0.39 is 0 Å². The molecule has 7 heteroatoms. The van der Waals surface area contributed by atoms with Crippen molar-refractivity contribution in [1.29, 1.82) is 0 Å². The van der Waals surface area contributed by atoms with Gasteiger partial charge in [0.2, 0.25) is 5.91 Å². The molecule has 1 amide bonds. The zero-order chi connectivity index (χ0) is 14.5. The lowest BCUT2D eigenvalue weighted by Crippen LogP contribution is -2.24. The number of carbonyl (C=O) groups excluding carboxylic acids is 1. The summed E-state index contributed by atoms with van der Waals surface area (Å²) in [6.07, 6.45) is 0.198. The maximum absolute atomic E-state index is 11.8. The van der Waals surface area contributed by atoms with E-state index in [1.54, 1.807) is 24.5 Å². The van der Waals surface area contributed by atoms with Crippen LogP contribution in [0.5, 0.6) is 0 Å². The minimum Gasteiger partial charge on any atom is -0.378 e. The first-order valence-corrected chi connectivity index (χ1v) is 7.03. The molecular formula is C13H17N3O3S. The fourth-order valence-corrected chi connectivity index (χ4v) is 2.72. The molecule has 6 nitrogen and oxygen atoms in total. The van der Waals surface area contributed by atoms with E-state index in [-0.39, 0.29) is 12.3 Å². The quantitative estimate of drug-likeness (QED) is 0.878. The lowest BCUT2D eigenvalue weighted by molar-refractivity contribution is -0.120. The van der Waals surface area contributed by atoms with Crippen molar-refractivity contribution in [1.82, 2.24) is 15.5 Å². The highest BCUT2D eigenvalue weighted by Crippen LogP contribution is 2.18. The van der Waals surface area contributed by atoms with Gasteiger partial charge < -0.3 is 14.6 Å². The first kappa shape index (κ1) is 14.7. The summed E-state index contributed by atoms with van der Waals surface area (Å²) in [5.41, 5.74) is 1.70. The van der Waals surface area contributed by atoms with Gasteiger partial charge in [-0.2, -0.15) is 0 Å². The van der Waals surface area contributed by atoms with Crippen LogP contribution in [0.4, 0.5) is 0 Å². The average Bonchev–Trinajstić information content (AvgIpc) is 2.94. The van der Waals surface area contributed by atoms with Crippen LogP contribution in [0.15, 0.2) is 10.6 Å². The second-order valence-electron chi connectivity index (χ2n) is 4.44. The van der Waals surface area contributed by atoms with Crippen LogP contribution in [0.25, 0.3) is 0 Å². The van der Waals surface area contributed by atoms with Crippen molar-refractivity contribution in [2.75, 3.05) is 7.11 Å². The van der Waals surface area contributed by atoms with Gasteiger partial charge in [-0.3, -0.25) is 4.79 Å². The van der Waals surface area contributed by atoms with Crippen molar-refractivity contribution in [3.05, 3.63) is 33.1 Å². The average molecular weight is 295 g/mol. The number of aryl methyl sites for hydroxylation is 2. The summed E-state index contributed by atoms with van der Waals surface area (Å²) < 4.78 is 10.1. The van der Waals surface area contributed by atoms with Gasteiger partial charge in [0.05, 0.1) is 31.0 Å². The number of hydrogen-bond donors (Lipinski definition) is 1. The van der Waals surface area contributed by atoms with Gasteiger partial charge in [0, 0.05) is 18.1 Å². The third kappa shape index (κ3) is 3.88. The van der Waals surface area contributed by atoms with Gasteiger partial charge in [-0.1, -0.05) is 5.16 Å². The smallest absolute Gasteiger partial charge is 0.228 e. The van der Waals surface area contributed by atoms with Gasteiger partial charge in [0.15, 0.2) is 0 Å². The van der Waals surface area contributed by atoms with Gasteiger partial charge >= 0.3 is 0 Å². The number of rotatable bonds is 6. The molecule has 0 bridgehead atoms. The monoisotopic (exact) mass is 295 g/mol. The number of ether oxygens (including phenoxy) is 1. The van der Waals surface area contributed by atoms with Crippen LogP contribution in [-0.2, 0) is 29.1 Å². The Balaban J connectivity index is 1.86. The van der Waals surface area contributed by atoms with Gasteiger partial charge in [-0.15, -0.1) is 11.3 Å². The molecule has 2 aromatic rings. The van der Waals surface area contributed by atoms with E-state index in [1.807, 2.05) is 13.8 Å². The normalized spacial score (nSPS) is 10.8. The zero-order valence-electron chi connectivity index (χ0n) is 11.7. The molecule has 0 aromatic carbocycles. The first-order chi connectivity index (χ1) is 9.58. The van der Waals surface area contributed by atoms with Crippen LogP contribution in [0, 0.1) is 13.8 Å². The second-order valence-corrected chi connectivity index (χ2v) is 5.61. The Labute approximate surface area is 121 Å². The molecule has 0 saturated carbocycles. The predicted molar refractivity (Wildman–Crippen MR) is 74.4 cm³/mol. The molecule has 0 fully saturated rings. The summed E-state index contributed by atoms with van der Waals surface area (Å²) in [4.78, 5) is 17.2. The predicted octanol–water partition coefficient (Wildman–Crippen LogP) is 1.75. The number of aromatic nitrogens is 2. The van der Waals surface area contributed by atoms with Gasteiger partial charge in [-0.25, -0.2) is 4.98 Å². The second kappa shape index (κ2) is 6.62. The van der Waals surface area contributed by atoms with Crippen molar-refractivity contribution in [2.45, 2.75) is 33.4 Å². The largest absolute Gasteiger partial charge is 0.378 e. The SMILES string of the molecule is COCc1nc(C)c(CNC(=O)Cc2cc(C)no2)s1. The molecule has 0 aliphatic rings. The molecule has 0 saturated heterocycles. The van der Waals surface area contributed by atoms with Crippen LogP contribution in [0.2, 0.25) is 0 Å².